The van der Waals surface area contributed by atoms with E-state index in [4.69, 9.17) is 12.2 Å². The number of hydrogen-bond acceptors (Lipinski definition) is 2. The predicted octanol–water partition coefficient (Wildman–Crippen LogP) is 4.93. The van der Waals surface area contributed by atoms with Crippen LogP contribution in [0.1, 0.15) is 25.0 Å². The summed E-state index contributed by atoms with van der Waals surface area (Å²) in [5.74, 6) is -0.287. The smallest absolute Gasteiger partial charge is 0.304 e. The number of alkyl halides is 3. The van der Waals surface area contributed by atoms with Gasteiger partial charge in [-0.2, -0.15) is 13.2 Å². The minimum atomic E-state index is -4.47. The highest BCUT2D eigenvalue weighted by atomic mass is 32.1. The summed E-state index contributed by atoms with van der Waals surface area (Å²) < 4.78 is 39.2. The van der Waals surface area contributed by atoms with Crippen LogP contribution in [0.15, 0.2) is 48.5 Å². The molecular weight excluding hydrogens is 361 g/mol. The van der Waals surface area contributed by atoms with Crippen LogP contribution in [0, 0.1) is 6.92 Å². The summed E-state index contributed by atoms with van der Waals surface area (Å²) in [5.41, 5.74) is -0.102. The molecule has 1 fully saturated rings. The normalized spacial score (nSPS) is 17.2. The van der Waals surface area contributed by atoms with Crippen LogP contribution >= 0.6 is 12.2 Å². The summed E-state index contributed by atoms with van der Waals surface area (Å²) in [5, 5.41) is 0.157. The number of aryl methyl sites for hydroxylation is 1. The van der Waals surface area contributed by atoms with Crippen molar-refractivity contribution in [3.05, 3.63) is 59.7 Å². The van der Waals surface area contributed by atoms with Crippen LogP contribution in [0.4, 0.5) is 24.5 Å². The van der Waals surface area contributed by atoms with E-state index in [0.29, 0.717) is 5.69 Å². The third-order valence-electron chi connectivity index (χ3n) is 4.36. The van der Waals surface area contributed by atoms with E-state index in [-0.39, 0.29) is 16.7 Å². The Morgan fingerprint density at radius 2 is 1.62 bits per heavy atom. The van der Waals surface area contributed by atoms with Gasteiger partial charge in [0.25, 0.3) is 5.91 Å². The van der Waals surface area contributed by atoms with Crippen molar-refractivity contribution in [2.75, 3.05) is 9.80 Å². The Morgan fingerprint density at radius 3 is 2.23 bits per heavy atom. The second-order valence-corrected chi connectivity index (χ2v) is 7.07. The number of carbonyl (C=O) groups is 1. The summed E-state index contributed by atoms with van der Waals surface area (Å²) in [4.78, 5) is 15.8. The van der Waals surface area contributed by atoms with E-state index in [1.165, 1.54) is 21.9 Å². The Hall–Kier alpha value is -2.41. The molecule has 2 aromatic carbocycles. The lowest BCUT2D eigenvalue weighted by atomic mass is 10.0. The van der Waals surface area contributed by atoms with E-state index >= 15 is 0 Å². The molecule has 3 rings (SSSR count). The fourth-order valence-electron chi connectivity index (χ4n) is 3.04. The third-order valence-corrected chi connectivity index (χ3v) is 4.72. The Labute approximate surface area is 155 Å². The van der Waals surface area contributed by atoms with Crippen molar-refractivity contribution in [1.29, 1.82) is 0 Å². The van der Waals surface area contributed by atoms with Gasteiger partial charge in [-0.3, -0.25) is 9.69 Å². The van der Waals surface area contributed by atoms with E-state index in [0.717, 1.165) is 17.7 Å². The number of benzene rings is 2. The van der Waals surface area contributed by atoms with Gasteiger partial charge < -0.3 is 4.90 Å². The minimum absolute atomic E-state index is 0.157. The van der Waals surface area contributed by atoms with Gasteiger partial charge in [0.05, 0.1) is 11.3 Å². The van der Waals surface area contributed by atoms with E-state index in [1.807, 2.05) is 19.1 Å². The summed E-state index contributed by atoms with van der Waals surface area (Å²) in [6.45, 7) is 5.19. The molecule has 136 valence electrons. The molecule has 1 heterocycles. The molecule has 7 heteroatoms. The van der Waals surface area contributed by atoms with Crippen LogP contribution in [0.3, 0.4) is 0 Å². The molecule has 1 aliphatic heterocycles. The van der Waals surface area contributed by atoms with Gasteiger partial charge in [0.2, 0.25) is 0 Å². The van der Waals surface area contributed by atoms with Gasteiger partial charge in [0.1, 0.15) is 5.54 Å². The highest BCUT2D eigenvalue weighted by Crippen LogP contribution is 2.38. The Bertz CT molecular complexity index is 892. The number of carbonyl (C=O) groups excluding carboxylic acids is 1. The first-order valence-electron chi connectivity index (χ1n) is 7.96. The lowest BCUT2D eigenvalue weighted by Crippen LogP contribution is -2.44. The summed E-state index contributed by atoms with van der Waals surface area (Å²) in [6, 6.07) is 12.1. The first kappa shape index (κ1) is 18.4. The molecule has 26 heavy (non-hydrogen) atoms. The van der Waals surface area contributed by atoms with Crippen LogP contribution in [0.2, 0.25) is 0 Å². The van der Waals surface area contributed by atoms with E-state index in [9.17, 15) is 18.0 Å². The predicted molar refractivity (Wildman–Crippen MR) is 99.3 cm³/mol. The SMILES string of the molecule is Cc1cccc(N2C(=O)C(C)(C)N(c3cccc(C(F)(F)F)c3)C2=S)c1. The second-order valence-electron chi connectivity index (χ2n) is 6.70. The second kappa shape index (κ2) is 6.09. The molecule has 0 saturated carbocycles. The van der Waals surface area contributed by atoms with Crippen molar-refractivity contribution in [2.24, 2.45) is 0 Å². The maximum absolute atomic E-state index is 13.1. The zero-order valence-electron chi connectivity index (χ0n) is 14.5. The van der Waals surface area contributed by atoms with Gasteiger partial charge in [-0.25, -0.2) is 0 Å². The molecule has 1 saturated heterocycles. The fourth-order valence-corrected chi connectivity index (χ4v) is 3.57. The van der Waals surface area contributed by atoms with Crippen molar-refractivity contribution in [3.8, 4) is 0 Å². The fraction of sp³-hybridized carbons (Fsp3) is 0.263. The van der Waals surface area contributed by atoms with Gasteiger partial charge in [-0.15, -0.1) is 0 Å². The number of hydrogen-bond donors (Lipinski definition) is 0. The minimum Gasteiger partial charge on any atom is -0.304 e. The van der Waals surface area contributed by atoms with Crippen LogP contribution in [-0.4, -0.2) is 16.6 Å². The maximum atomic E-state index is 13.1. The van der Waals surface area contributed by atoms with Gasteiger partial charge in [-0.1, -0.05) is 18.2 Å². The lowest BCUT2D eigenvalue weighted by Gasteiger charge is -2.29. The molecular formula is C19H17F3N2OS. The van der Waals surface area contributed by atoms with Crippen molar-refractivity contribution < 1.29 is 18.0 Å². The quantitative estimate of drug-likeness (QED) is 0.693. The van der Waals surface area contributed by atoms with Crippen LogP contribution in [-0.2, 0) is 11.0 Å². The van der Waals surface area contributed by atoms with Gasteiger partial charge in [-0.05, 0) is 68.9 Å². The number of rotatable bonds is 2. The number of nitrogens with zero attached hydrogens (tertiary/aromatic N) is 2. The van der Waals surface area contributed by atoms with Crippen molar-refractivity contribution >= 4 is 34.6 Å². The van der Waals surface area contributed by atoms with Gasteiger partial charge >= 0.3 is 6.18 Å². The summed E-state index contributed by atoms with van der Waals surface area (Å²) in [7, 11) is 0. The molecule has 0 spiro atoms. The highest BCUT2D eigenvalue weighted by Gasteiger charge is 2.50. The zero-order chi connectivity index (χ0) is 19.3. The lowest BCUT2D eigenvalue weighted by molar-refractivity contribution is -0.137. The molecule has 0 unspecified atom stereocenters. The van der Waals surface area contributed by atoms with Gasteiger partial charge in [0, 0.05) is 5.69 Å². The molecule has 0 aliphatic carbocycles. The average Bonchev–Trinajstić information content (AvgIpc) is 2.72. The average molecular weight is 378 g/mol. The summed E-state index contributed by atoms with van der Waals surface area (Å²) >= 11 is 5.48. The molecule has 0 N–H and O–H groups in total. The maximum Gasteiger partial charge on any atom is 0.416 e. The standard InChI is InChI=1S/C19H17F3N2OS/c1-12-6-4-8-14(10-12)23-16(25)18(2,3)24(17(23)26)15-9-5-7-13(11-15)19(20,21)22/h4-11H,1-3H3. The first-order valence-corrected chi connectivity index (χ1v) is 8.37. The Morgan fingerprint density at radius 1 is 1.00 bits per heavy atom. The van der Waals surface area contributed by atoms with Crippen LogP contribution < -0.4 is 9.80 Å². The highest BCUT2D eigenvalue weighted by molar-refractivity contribution is 7.81. The van der Waals surface area contributed by atoms with Crippen molar-refractivity contribution in [3.63, 3.8) is 0 Å². The zero-order valence-corrected chi connectivity index (χ0v) is 15.3. The number of thiocarbonyl (C=S) groups is 1. The molecule has 2 aromatic rings. The molecule has 0 bridgehead atoms. The molecule has 1 amide bonds. The van der Waals surface area contributed by atoms with E-state index < -0.39 is 17.3 Å². The molecule has 0 aromatic heterocycles. The first-order chi connectivity index (χ1) is 12.0. The van der Waals surface area contributed by atoms with Crippen LogP contribution in [0.25, 0.3) is 0 Å². The monoisotopic (exact) mass is 378 g/mol. The Balaban J connectivity index is 2.09. The molecule has 0 atom stereocenters. The topological polar surface area (TPSA) is 23.6 Å². The van der Waals surface area contributed by atoms with Gasteiger partial charge in [0.15, 0.2) is 5.11 Å². The number of halogens is 3. The van der Waals surface area contributed by atoms with E-state index in [1.54, 1.807) is 26.0 Å². The summed E-state index contributed by atoms with van der Waals surface area (Å²) in [6.07, 6.45) is -4.47. The van der Waals surface area contributed by atoms with Crippen molar-refractivity contribution in [1.82, 2.24) is 0 Å². The van der Waals surface area contributed by atoms with Crippen molar-refractivity contribution in [2.45, 2.75) is 32.5 Å². The van der Waals surface area contributed by atoms with E-state index in [2.05, 4.69) is 0 Å². The molecule has 1 aliphatic rings. The largest absolute Gasteiger partial charge is 0.416 e. The third kappa shape index (κ3) is 2.96. The number of anilines is 2. The Kier molecular flexibility index (Phi) is 4.30. The molecule has 0 radical (unpaired) electrons. The molecule has 3 nitrogen and oxygen atoms in total. The van der Waals surface area contributed by atoms with Crippen LogP contribution in [0.5, 0.6) is 0 Å². The number of amides is 1.